The number of nitrogens with zero attached hydrogens (tertiary/aromatic N) is 2. The van der Waals surface area contributed by atoms with Crippen molar-refractivity contribution >= 4 is 11.7 Å². The maximum absolute atomic E-state index is 12.4. The smallest absolute Gasteiger partial charge is 0.321 e. The van der Waals surface area contributed by atoms with E-state index in [2.05, 4.69) is 10.2 Å². The van der Waals surface area contributed by atoms with Gasteiger partial charge in [0.25, 0.3) is 0 Å². The van der Waals surface area contributed by atoms with Crippen LogP contribution in [0.2, 0.25) is 0 Å². The molecule has 1 aromatic rings. The van der Waals surface area contributed by atoms with Gasteiger partial charge < -0.3 is 15.0 Å². The standard InChI is InChI=1S/C20H31N3O2/c1-17-5-2-3-7-19(17)21-20(24)23-11-8-18(9-12-23)6-4-10-22-13-15-25-16-14-22/h2-3,5,7,18H,4,6,8-16H2,1H3,(H,21,24). The summed E-state index contributed by atoms with van der Waals surface area (Å²) in [5, 5.41) is 3.05. The molecule has 0 spiro atoms. The third-order valence-corrected chi connectivity index (χ3v) is 5.48. The molecule has 2 aliphatic heterocycles. The second-order valence-corrected chi connectivity index (χ2v) is 7.27. The molecule has 0 aliphatic carbocycles. The molecule has 0 saturated carbocycles. The van der Waals surface area contributed by atoms with Gasteiger partial charge in [0.15, 0.2) is 0 Å². The van der Waals surface area contributed by atoms with Crippen LogP contribution in [0.4, 0.5) is 10.5 Å². The molecule has 2 amide bonds. The van der Waals surface area contributed by atoms with Gasteiger partial charge in [0, 0.05) is 31.9 Å². The summed E-state index contributed by atoms with van der Waals surface area (Å²) in [5.74, 6) is 0.767. The number of aryl methyl sites for hydroxylation is 1. The van der Waals surface area contributed by atoms with E-state index in [1.807, 2.05) is 36.1 Å². The number of amides is 2. The van der Waals surface area contributed by atoms with Crippen LogP contribution >= 0.6 is 0 Å². The topological polar surface area (TPSA) is 44.8 Å². The van der Waals surface area contributed by atoms with Gasteiger partial charge >= 0.3 is 6.03 Å². The Bertz CT molecular complexity index is 550. The molecule has 0 bridgehead atoms. The highest BCUT2D eigenvalue weighted by Gasteiger charge is 2.23. The first-order chi connectivity index (χ1) is 12.2. The molecule has 0 unspecified atom stereocenters. The van der Waals surface area contributed by atoms with E-state index in [9.17, 15) is 4.79 Å². The second-order valence-electron chi connectivity index (χ2n) is 7.27. The van der Waals surface area contributed by atoms with Crippen LogP contribution in [-0.4, -0.2) is 61.8 Å². The summed E-state index contributed by atoms with van der Waals surface area (Å²) in [6, 6.07) is 7.99. The number of hydrogen-bond donors (Lipinski definition) is 1. The first kappa shape index (κ1) is 18.2. The number of anilines is 1. The van der Waals surface area contributed by atoms with Crippen molar-refractivity contribution in [1.29, 1.82) is 0 Å². The lowest BCUT2D eigenvalue weighted by Crippen LogP contribution is -2.41. The minimum absolute atomic E-state index is 0.0427. The van der Waals surface area contributed by atoms with Gasteiger partial charge in [-0.05, 0) is 56.7 Å². The third kappa shape index (κ3) is 5.44. The second kappa shape index (κ2) is 9.20. The molecule has 1 N–H and O–H groups in total. The number of morpholine rings is 1. The zero-order chi connectivity index (χ0) is 17.5. The van der Waals surface area contributed by atoms with Crippen LogP contribution in [0.3, 0.4) is 0 Å². The monoisotopic (exact) mass is 345 g/mol. The summed E-state index contributed by atoms with van der Waals surface area (Å²) in [6.45, 7) is 8.89. The van der Waals surface area contributed by atoms with Crippen molar-refractivity contribution in [2.24, 2.45) is 5.92 Å². The van der Waals surface area contributed by atoms with Gasteiger partial charge in [0.2, 0.25) is 0 Å². The number of ether oxygens (including phenoxy) is 1. The number of nitrogens with one attached hydrogen (secondary N) is 1. The average molecular weight is 345 g/mol. The van der Waals surface area contributed by atoms with Crippen molar-refractivity contribution in [3.05, 3.63) is 29.8 Å². The number of carbonyl (C=O) groups excluding carboxylic acids is 1. The number of piperidine rings is 1. The van der Waals surface area contributed by atoms with Crippen LogP contribution in [0.15, 0.2) is 24.3 Å². The Morgan fingerprint density at radius 2 is 1.88 bits per heavy atom. The van der Waals surface area contributed by atoms with Gasteiger partial charge in [0.05, 0.1) is 13.2 Å². The van der Waals surface area contributed by atoms with E-state index < -0.39 is 0 Å². The van der Waals surface area contributed by atoms with Gasteiger partial charge in [0.1, 0.15) is 0 Å². The lowest BCUT2D eigenvalue weighted by molar-refractivity contribution is 0.0363. The fourth-order valence-corrected chi connectivity index (χ4v) is 3.76. The highest BCUT2D eigenvalue weighted by Crippen LogP contribution is 2.23. The minimum Gasteiger partial charge on any atom is -0.379 e. The van der Waals surface area contributed by atoms with E-state index in [0.717, 1.165) is 69.4 Å². The Kier molecular flexibility index (Phi) is 6.70. The molecule has 5 nitrogen and oxygen atoms in total. The SMILES string of the molecule is Cc1ccccc1NC(=O)N1CCC(CCCN2CCOCC2)CC1. The predicted octanol–water partition coefficient (Wildman–Crippen LogP) is 3.35. The van der Waals surface area contributed by atoms with Crippen molar-refractivity contribution in [3.63, 3.8) is 0 Å². The first-order valence-electron chi connectivity index (χ1n) is 9.64. The maximum atomic E-state index is 12.4. The minimum atomic E-state index is 0.0427. The van der Waals surface area contributed by atoms with Crippen LogP contribution < -0.4 is 5.32 Å². The number of likely N-dealkylation sites (tertiary alicyclic amines) is 1. The number of hydrogen-bond acceptors (Lipinski definition) is 3. The zero-order valence-corrected chi connectivity index (χ0v) is 15.4. The summed E-state index contributed by atoms with van der Waals surface area (Å²) in [4.78, 5) is 16.9. The molecule has 138 valence electrons. The molecule has 0 atom stereocenters. The molecule has 25 heavy (non-hydrogen) atoms. The van der Waals surface area contributed by atoms with E-state index in [1.165, 1.54) is 19.4 Å². The highest BCUT2D eigenvalue weighted by molar-refractivity contribution is 5.90. The fraction of sp³-hybridized carbons (Fsp3) is 0.650. The molecule has 2 heterocycles. The molecule has 2 saturated heterocycles. The van der Waals surface area contributed by atoms with E-state index in [4.69, 9.17) is 4.74 Å². The van der Waals surface area contributed by atoms with Gasteiger partial charge in [-0.3, -0.25) is 4.90 Å². The molecule has 2 aliphatic rings. The van der Waals surface area contributed by atoms with Crippen LogP contribution in [0.1, 0.15) is 31.2 Å². The van der Waals surface area contributed by atoms with Crippen LogP contribution in [0.25, 0.3) is 0 Å². The quantitative estimate of drug-likeness (QED) is 0.890. The third-order valence-electron chi connectivity index (χ3n) is 5.48. The normalized spacial score (nSPS) is 19.8. The highest BCUT2D eigenvalue weighted by atomic mass is 16.5. The largest absolute Gasteiger partial charge is 0.379 e. The van der Waals surface area contributed by atoms with Crippen LogP contribution in [-0.2, 0) is 4.74 Å². The number of carbonyl (C=O) groups is 1. The molecule has 3 rings (SSSR count). The predicted molar refractivity (Wildman–Crippen MR) is 101 cm³/mol. The summed E-state index contributed by atoms with van der Waals surface area (Å²) < 4.78 is 5.40. The van der Waals surface area contributed by atoms with Crippen molar-refractivity contribution < 1.29 is 9.53 Å². The summed E-state index contributed by atoms with van der Waals surface area (Å²) >= 11 is 0. The van der Waals surface area contributed by atoms with E-state index in [-0.39, 0.29) is 6.03 Å². The van der Waals surface area contributed by atoms with Crippen molar-refractivity contribution in [1.82, 2.24) is 9.80 Å². The van der Waals surface area contributed by atoms with Gasteiger partial charge in [-0.25, -0.2) is 4.79 Å². The first-order valence-corrected chi connectivity index (χ1v) is 9.64. The number of para-hydroxylation sites is 1. The Hall–Kier alpha value is -1.59. The van der Waals surface area contributed by atoms with Gasteiger partial charge in [-0.15, -0.1) is 0 Å². The number of benzene rings is 1. The van der Waals surface area contributed by atoms with Crippen molar-refractivity contribution in [3.8, 4) is 0 Å². The van der Waals surface area contributed by atoms with Crippen molar-refractivity contribution in [2.75, 3.05) is 51.3 Å². The lowest BCUT2D eigenvalue weighted by atomic mass is 9.92. The Balaban J connectivity index is 1.35. The average Bonchev–Trinajstić information content (AvgIpc) is 2.65. The fourth-order valence-electron chi connectivity index (χ4n) is 3.76. The number of rotatable bonds is 5. The Labute approximate surface area is 151 Å². The van der Waals surface area contributed by atoms with Crippen molar-refractivity contribution in [2.45, 2.75) is 32.6 Å². The van der Waals surface area contributed by atoms with Gasteiger partial charge in [-0.2, -0.15) is 0 Å². The van der Waals surface area contributed by atoms with E-state index in [1.54, 1.807) is 0 Å². The summed E-state index contributed by atoms with van der Waals surface area (Å²) in [6.07, 6.45) is 4.80. The molecule has 0 aromatic heterocycles. The summed E-state index contributed by atoms with van der Waals surface area (Å²) in [5.41, 5.74) is 2.02. The molecular formula is C20H31N3O2. The Morgan fingerprint density at radius 1 is 1.16 bits per heavy atom. The molecule has 2 fully saturated rings. The molecular weight excluding hydrogens is 314 g/mol. The van der Waals surface area contributed by atoms with Crippen LogP contribution in [0.5, 0.6) is 0 Å². The summed E-state index contributed by atoms with van der Waals surface area (Å²) in [7, 11) is 0. The lowest BCUT2D eigenvalue weighted by Gasteiger charge is -2.33. The van der Waals surface area contributed by atoms with Crippen LogP contribution in [0, 0.1) is 12.8 Å². The molecule has 5 heteroatoms. The van der Waals surface area contributed by atoms with E-state index in [0.29, 0.717) is 0 Å². The zero-order valence-electron chi connectivity index (χ0n) is 15.4. The van der Waals surface area contributed by atoms with Gasteiger partial charge in [-0.1, -0.05) is 18.2 Å². The molecule has 1 aromatic carbocycles. The number of urea groups is 1. The molecule has 0 radical (unpaired) electrons. The van der Waals surface area contributed by atoms with E-state index >= 15 is 0 Å². The Morgan fingerprint density at radius 3 is 2.60 bits per heavy atom. The maximum Gasteiger partial charge on any atom is 0.321 e.